The topological polar surface area (TPSA) is 91.0 Å². The third kappa shape index (κ3) is 5.06. The van der Waals surface area contributed by atoms with E-state index in [2.05, 4.69) is 31.2 Å². The van der Waals surface area contributed by atoms with Gasteiger partial charge in [-0.2, -0.15) is 4.98 Å². The fourth-order valence-corrected chi connectivity index (χ4v) is 2.99. The number of nitrogens with zero attached hydrogens (tertiary/aromatic N) is 2. The third-order valence-corrected chi connectivity index (χ3v) is 4.57. The first kappa shape index (κ1) is 18.4. The number of hydrogen-bond donors (Lipinski definition) is 4. The van der Waals surface area contributed by atoms with Crippen molar-refractivity contribution in [3.05, 3.63) is 40.5 Å². The summed E-state index contributed by atoms with van der Waals surface area (Å²) in [4.78, 5) is 20.9. The molecule has 0 radical (unpaired) electrons. The van der Waals surface area contributed by atoms with Crippen LogP contribution in [0.5, 0.6) is 0 Å². The van der Waals surface area contributed by atoms with E-state index in [-0.39, 0.29) is 5.95 Å². The molecule has 2 amide bonds. The van der Waals surface area contributed by atoms with Gasteiger partial charge in [0, 0.05) is 35.1 Å². The minimum absolute atomic E-state index is 0.263. The lowest BCUT2D eigenvalue weighted by atomic mass is 10.1. The van der Waals surface area contributed by atoms with Gasteiger partial charge in [-0.15, -0.1) is 0 Å². The lowest BCUT2D eigenvalue weighted by molar-refractivity contribution is 0.262. The molecule has 8 heteroatoms. The number of urea groups is 1. The quantitative estimate of drug-likeness (QED) is 0.657. The molecule has 1 aliphatic heterocycles. The molecule has 2 aromatic rings. The molecule has 138 valence electrons. The van der Waals surface area contributed by atoms with E-state index in [1.54, 1.807) is 12.1 Å². The Kier molecular flexibility index (Phi) is 5.90. The van der Waals surface area contributed by atoms with E-state index in [0.29, 0.717) is 22.6 Å². The Morgan fingerprint density at radius 3 is 2.81 bits per heavy atom. The van der Waals surface area contributed by atoms with Crippen LogP contribution in [0.3, 0.4) is 0 Å². The van der Waals surface area contributed by atoms with Crippen LogP contribution in [-0.2, 0) is 0 Å². The van der Waals surface area contributed by atoms with Crippen LogP contribution in [0.1, 0.15) is 24.1 Å². The molecule has 1 fully saturated rings. The number of hydrogen-bond acceptors (Lipinski definition) is 5. The molecule has 1 atom stereocenters. The summed E-state index contributed by atoms with van der Waals surface area (Å²) in [5, 5.41) is 12.9. The van der Waals surface area contributed by atoms with Crippen molar-refractivity contribution in [1.82, 2.24) is 15.3 Å². The molecule has 0 spiro atoms. The number of anilines is 3. The summed E-state index contributed by atoms with van der Waals surface area (Å²) in [5.41, 5.74) is 2.33. The molecule has 1 aromatic carbocycles. The van der Waals surface area contributed by atoms with Crippen LogP contribution in [0.2, 0.25) is 5.02 Å². The van der Waals surface area contributed by atoms with Gasteiger partial charge in [-0.3, -0.25) is 5.32 Å². The van der Waals surface area contributed by atoms with Crippen LogP contribution in [-0.4, -0.2) is 35.1 Å². The number of nitrogens with one attached hydrogen (secondary N) is 4. The Labute approximate surface area is 158 Å². The lowest BCUT2D eigenvalue weighted by Gasteiger charge is -2.24. The molecular formula is C18H23ClN6O. The first-order chi connectivity index (χ1) is 12.5. The first-order valence-corrected chi connectivity index (χ1v) is 9.04. The number of carbonyl (C=O) groups excluding carboxylic acids is 1. The maximum atomic E-state index is 12.2. The summed E-state index contributed by atoms with van der Waals surface area (Å²) in [6.45, 7) is 5.71. The average molecular weight is 375 g/mol. The van der Waals surface area contributed by atoms with Crippen molar-refractivity contribution in [2.75, 3.05) is 29.0 Å². The van der Waals surface area contributed by atoms with E-state index in [4.69, 9.17) is 11.6 Å². The van der Waals surface area contributed by atoms with Gasteiger partial charge in [0.2, 0.25) is 5.95 Å². The Morgan fingerprint density at radius 1 is 1.23 bits per heavy atom. The van der Waals surface area contributed by atoms with E-state index in [0.717, 1.165) is 37.2 Å². The smallest absolute Gasteiger partial charge is 0.326 e. The van der Waals surface area contributed by atoms with Crippen molar-refractivity contribution in [3.8, 4) is 0 Å². The second kappa shape index (κ2) is 8.33. The number of piperidine rings is 1. The van der Waals surface area contributed by atoms with Gasteiger partial charge < -0.3 is 16.0 Å². The largest absolute Gasteiger partial charge is 0.366 e. The predicted octanol–water partition coefficient (Wildman–Crippen LogP) is 3.55. The zero-order valence-electron chi connectivity index (χ0n) is 14.9. The van der Waals surface area contributed by atoms with Crippen LogP contribution in [0.15, 0.2) is 24.3 Å². The maximum absolute atomic E-state index is 12.2. The third-order valence-electron chi connectivity index (χ3n) is 4.14. The molecule has 1 aromatic heterocycles. The summed E-state index contributed by atoms with van der Waals surface area (Å²) in [5.74, 6) is 0.975. The SMILES string of the molecule is Cc1cc(NC2CCCNC2)nc(NC(=O)Nc2ccc(Cl)c(C)c2)n1. The lowest BCUT2D eigenvalue weighted by Crippen LogP contribution is -2.38. The van der Waals surface area contributed by atoms with Gasteiger partial charge in [0.25, 0.3) is 0 Å². The highest BCUT2D eigenvalue weighted by molar-refractivity contribution is 6.31. The van der Waals surface area contributed by atoms with E-state index in [9.17, 15) is 4.79 Å². The normalized spacial score (nSPS) is 16.8. The summed E-state index contributed by atoms with van der Waals surface area (Å²) in [7, 11) is 0. The van der Waals surface area contributed by atoms with Gasteiger partial charge in [-0.1, -0.05) is 11.6 Å². The Morgan fingerprint density at radius 2 is 2.08 bits per heavy atom. The van der Waals surface area contributed by atoms with Crippen molar-refractivity contribution in [2.45, 2.75) is 32.7 Å². The monoisotopic (exact) mass is 374 g/mol. The highest BCUT2D eigenvalue weighted by Crippen LogP contribution is 2.19. The number of benzene rings is 1. The Bertz CT molecular complexity index is 791. The van der Waals surface area contributed by atoms with Crippen LogP contribution in [0, 0.1) is 13.8 Å². The van der Waals surface area contributed by atoms with Gasteiger partial charge in [0.05, 0.1) is 0 Å². The summed E-state index contributed by atoms with van der Waals surface area (Å²) < 4.78 is 0. The molecule has 7 nitrogen and oxygen atoms in total. The zero-order chi connectivity index (χ0) is 18.5. The molecular weight excluding hydrogens is 352 g/mol. The van der Waals surface area contributed by atoms with Gasteiger partial charge in [-0.25, -0.2) is 9.78 Å². The first-order valence-electron chi connectivity index (χ1n) is 8.67. The average Bonchev–Trinajstić information content (AvgIpc) is 2.58. The number of amides is 2. The summed E-state index contributed by atoms with van der Waals surface area (Å²) >= 11 is 6.00. The van der Waals surface area contributed by atoms with E-state index < -0.39 is 6.03 Å². The fraction of sp³-hybridized carbons (Fsp3) is 0.389. The van der Waals surface area contributed by atoms with Gasteiger partial charge >= 0.3 is 6.03 Å². The highest BCUT2D eigenvalue weighted by Gasteiger charge is 2.14. The summed E-state index contributed by atoms with van der Waals surface area (Å²) in [6, 6.07) is 7.10. The van der Waals surface area contributed by atoms with E-state index >= 15 is 0 Å². The van der Waals surface area contributed by atoms with Crippen LogP contribution < -0.4 is 21.3 Å². The molecule has 1 saturated heterocycles. The standard InChI is InChI=1S/C18H23ClN6O/c1-11-8-13(5-6-15(11)19)23-18(26)25-17-21-12(2)9-16(24-17)22-14-4-3-7-20-10-14/h5-6,8-9,14,20H,3-4,7,10H2,1-2H3,(H3,21,22,23,24,25,26). The molecule has 3 rings (SSSR count). The van der Waals surface area contributed by atoms with Crippen LogP contribution in [0.4, 0.5) is 22.2 Å². The van der Waals surface area contributed by atoms with Crippen molar-refractivity contribution >= 4 is 35.1 Å². The number of aryl methyl sites for hydroxylation is 2. The minimum atomic E-state index is -0.400. The number of aromatic nitrogens is 2. The van der Waals surface area contributed by atoms with Crippen LogP contribution >= 0.6 is 11.6 Å². The molecule has 26 heavy (non-hydrogen) atoms. The van der Waals surface area contributed by atoms with Crippen molar-refractivity contribution in [2.24, 2.45) is 0 Å². The van der Waals surface area contributed by atoms with E-state index in [1.165, 1.54) is 0 Å². The Balaban J connectivity index is 1.64. The second-order valence-electron chi connectivity index (χ2n) is 6.45. The highest BCUT2D eigenvalue weighted by atomic mass is 35.5. The number of carbonyl (C=O) groups is 1. The predicted molar refractivity (Wildman–Crippen MR) is 105 cm³/mol. The number of rotatable bonds is 4. The van der Waals surface area contributed by atoms with Crippen molar-refractivity contribution in [1.29, 1.82) is 0 Å². The van der Waals surface area contributed by atoms with E-state index in [1.807, 2.05) is 26.0 Å². The molecule has 0 saturated carbocycles. The van der Waals surface area contributed by atoms with Crippen molar-refractivity contribution in [3.63, 3.8) is 0 Å². The van der Waals surface area contributed by atoms with Crippen molar-refractivity contribution < 1.29 is 4.79 Å². The van der Waals surface area contributed by atoms with Gasteiger partial charge in [0.15, 0.2) is 0 Å². The molecule has 0 aliphatic carbocycles. The molecule has 0 bridgehead atoms. The maximum Gasteiger partial charge on any atom is 0.326 e. The van der Waals surface area contributed by atoms with Crippen LogP contribution in [0.25, 0.3) is 0 Å². The molecule has 1 unspecified atom stereocenters. The molecule has 2 heterocycles. The van der Waals surface area contributed by atoms with Gasteiger partial charge in [-0.05, 0) is 57.0 Å². The zero-order valence-corrected chi connectivity index (χ0v) is 15.7. The van der Waals surface area contributed by atoms with Gasteiger partial charge in [0.1, 0.15) is 5.82 Å². The summed E-state index contributed by atoms with van der Waals surface area (Å²) in [6.07, 6.45) is 2.23. The Hall–Kier alpha value is -2.38. The molecule has 4 N–H and O–H groups in total. The fourth-order valence-electron chi connectivity index (χ4n) is 2.87. The second-order valence-corrected chi connectivity index (χ2v) is 6.86. The number of halogens is 1. The molecule has 1 aliphatic rings. The minimum Gasteiger partial charge on any atom is -0.366 e.